The zero-order valence-corrected chi connectivity index (χ0v) is 13.4. The largest absolute Gasteiger partial charge is 0.370 e. The van der Waals surface area contributed by atoms with Crippen LogP contribution in [0.2, 0.25) is 0 Å². The first-order valence-electron chi connectivity index (χ1n) is 7.17. The van der Waals surface area contributed by atoms with Crippen molar-refractivity contribution in [2.75, 3.05) is 0 Å². The molecule has 5 heteroatoms. The molecule has 1 aromatic carbocycles. The fraction of sp³-hybridized carbons (Fsp3) is 0.375. The summed E-state index contributed by atoms with van der Waals surface area (Å²) in [5, 5.41) is 0.651. The van der Waals surface area contributed by atoms with Gasteiger partial charge in [-0.2, -0.15) is 4.99 Å². The second kappa shape index (κ2) is 7.22. The number of rotatable bonds is 6. The van der Waals surface area contributed by atoms with Crippen molar-refractivity contribution in [3.63, 3.8) is 0 Å². The number of nitrogens with zero attached hydrogens (tertiary/aromatic N) is 2. The van der Waals surface area contributed by atoms with Gasteiger partial charge < -0.3 is 11.5 Å². The highest BCUT2D eigenvalue weighted by atomic mass is 32.1. The number of hydrogen-bond acceptors (Lipinski definition) is 3. The van der Waals surface area contributed by atoms with Crippen LogP contribution in [0.1, 0.15) is 41.8 Å². The second-order valence-electron chi connectivity index (χ2n) is 5.25. The molecule has 0 aliphatic rings. The van der Waals surface area contributed by atoms with Gasteiger partial charge in [0.2, 0.25) is 5.13 Å². The maximum Gasteiger partial charge on any atom is 0.212 e. The first-order valence-corrected chi connectivity index (χ1v) is 7.99. The molecule has 112 valence electrons. The molecule has 1 heterocycles. The van der Waals surface area contributed by atoms with Gasteiger partial charge in [-0.1, -0.05) is 48.6 Å². The molecular weight excluding hydrogens is 280 g/mol. The Balaban J connectivity index is 1.89. The number of aromatic nitrogens is 1. The number of aliphatic imine (C=N–C) groups is 1. The van der Waals surface area contributed by atoms with E-state index in [1.807, 2.05) is 6.92 Å². The Kier molecular flexibility index (Phi) is 5.33. The van der Waals surface area contributed by atoms with Crippen LogP contribution in [0.5, 0.6) is 0 Å². The van der Waals surface area contributed by atoms with Crippen molar-refractivity contribution < 1.29 is 0 Å². The molecule has 4 N–H and O–H groups in total. The molecule has 0 radical (unpaired) electrons. The first-order chi connectivity index (χ1) is 10.1. The molecule has 1 aromatic heterocycles. The lowest BCUT2D eigenvalue weighted by Crippen LogP contribution is -2.21. The third-order valence-corrected chi connectivity index (χ3v) is 4.63. The van der Waals surface area contributed by atoms with Crippen LogP contribution in [0.25, 0.3) is 0 Å². The van der Waals surface area contributed by atoms with Crippen LogP contribution in [0, 0.1) is 6.92 Å². The Labute approximate surface area is 129 Å². The highest BCUT2D eigenvalue weighted by molar-refractivity contribution is 7.15. The van der Waals surface area contributed by atoms with Crippen LogP contribution in [0.15, 0.2) is 35.3 Å². The summed E-state index contributed by atoms with van der Waals surface area (Å²) in [5.74, 6) is 0.643. The smallest absolute Gasteiger partial charge is 0.212 e. The molecule has 2 aromatic rings. The van der Waals surface area contributed by atoms with Crippen molar-refractivity contribution in [1.29, 1.82) is 0 Å². The fourth-order valence-corrected chi connectivity index (χ4v) is 3.31. The zero-order valence-electron chi connectivity index (χ0n) is 12.5. The minimum absolute atomic E-state index is 0.0630. The van der Waals surface area contributed by atoms with Crippen molar-refractivity contribution in [3.8, 4) is 0 Å². The summed E-state index contributed by atoms with van der Waals surface area (Å²) in [7, 11) is 0. The van der Waals surface area contributed by atoms with E-state index < -0.39 is 0 Å². The van der Waals surface area contributed by atoms with Crippen LogP contribution in [-0.2, 0) is 6.42 Å². The normalized spacial score (nSPS) is 12.1. The van der Waals surface area contributed by atoms with Gasteiger partial charge in [-0.15, -0.1) is 0 Å². The van der Waals surface area contributed by atoms with Gasteiger partial charge in [-0.05, 0) is 37.7 Å². The van der Waals surface area contributed by atoms with Crippen LogP contribution in [-0.4, -0.2) is 10.9 Å². The van der Waals surface area contributed by atoms with E-state index in [0.717, 1.165) is 18.5 Å². The van der Waals surface area contributed by atoms with Crippen molar-refractivity contribution in [2.45, 2.75) is 39.0 Å². The molecule has 0 fully saturated rings. The van der Waals surface area contributed by atoms with Gasteiger partial charge in [-0.3, -0.25) is 0 Å². The second-order valence-corrected chi connectivity index (χ2v) is 6.31. The fourth-order valence-electron chi connectivity index (χ4n) is 2.32. The van der Waals surface area contributed by atoms with Crippen LogP contribution >= 0.6 is 11.3 Å². The molecular formula is C16H22N4S. The Hall–Kier alpha value is -1.88. The van der Waals surface area contributed by atoms with Crippen LogP contribution in [0.3, 0.4) is 0 Å². The number of benzene rings is 1. The van der Waals surface area contributed by atoms with E-state index in [-0.39, 0.29) is 5.96 Å². The Morgan fingerprint density at radius 2 is 2.00 bits per heavy atom. The molecule has 4 nitrogen and oxygen atoms in total. The highest BCUT2D eigenvalue weighted by Crippen LogP contribution is 2.28. The molecule has 0 saturated heterocycles. The Morgan fingerprint density at radius 3 is 2.67 bits per heavy atom. The molecule has 0 unspecified atom stereocenters. The lowest BCUT2D eigenvalue weighted by atomic mass is 9.95. The summed E-state index contributed by atoms with van der Waals surface area (Å²) in [6.45, 7) is 4.29. The number of guanidine groups is 1. The van der Waals surface area contributed by atoms with Gasteiger partial charge in [0.15, 0.2) is 5.96 Å². The van der Waals surface area contributed by atoms with Crippen molar-refractivity contribution >= 4 is 22.4 Å². The Morgan fingerprint density at radius 1 is 1.29 bits per heavy atom. The molecule has 2 rings (SSSR count). The highest BCUT2D eigenvalue weighted by Gasteiger charge is 2.09. The van der Waals surface area contributed by atoms with E-state index in [2.05, 4.69) is 47.2 Å². The van der Waals surface area contributed by atoms with Gasteiger partial charge in [-0.25, -0.2) is 4.98 Å². The van der Waals surface area contributed by atoms with Gasteiger partial charge in [0, 0.05) is 4.88 Å². The summed E-state index contributed by atoms with van der Waals surface area (Å²) < 4.78 is 0. The van der Waals surface area contributed by atoms with Crippen LogP contribution in [0.4, 0.5) is 5.13 Å². The third kappa shape index (κ3) is 4.56. The Bertz CT molecular complexity index is 600. The first kappa shape index (κ1) is 15.5. The lowest BCUT2D eigenvalue weighted by Gasteiger charge is -2.11. The molecule has 1 atom stereocenters. The molecule has 0 bridgehead atoms. The quantitative estimate of drug-likeness (QED) is 0.633. The lowest BCUT2D eigenvalue weighted by molar-refractivity contribution is 0.635. The standard InChI is InChI=1S/C16H22N4S/c1-11(13-8-4-3-5-9-13)7-6-10-14-12(2)19-16(21-14)20-15(17)18/h3-5,8-9,11H,6-7,10H2,1-2H3,(H4,17,18,19,20)/t11-/m0/s1. The van der Waals surface area contributed by atoms with Gasteiger partial charge in [0.25, 0.3) is 0 Å². The maximum atomic E-state index is 5.38. The van der Waals surface area contributed by atoms with Crippen LogP contribution < -0.4 is 11.5 Å². The predicted molar refractivity (Wildman–Crippen MR) is 90.1 cm³/mol. The molecule has 0 amide bonds. The number of nitrogens with two attached hydrogens (primary N) is 2. The van der Waals surface area contributed by atoms with E-state index in [4.69, 9.17) is 11.5 Å². The van der Waals surface area contributed by atoms with E-state index in [1.54, 1.807) is 11.3 Å². The zero-order chi connectivity index (χ0) is 15.2. The predicted octanol–water partition coefficient (Wildman–Crippen LogP) is 3.48. The van der Waals surface area contributed by atoms with Crippen molar-refractivity contribution in [2.24, 2.45) is 16.5 Å². The minimum atomic E-state index is 0.0630. The monoisotopic (exact) mass is 302 g/mol. The van der Waals surface area contributed by atoms with Crippen molar-refractivity contribution in [3.05, 3.63) is 46.5 Å². The van der Waals surface area contributed by atoms with E-state index in [0.29, 0.717) is 11.0 Å². The average molecular weight is 302 g/mol. The number of hydrogen-bond donors (Lipinski definition) is 2. The maximum absolute atomic E-state index is 5.38. The van der Waals surface area contributed by atoms with Crippen molar-refractivity contribution in [1.82, 2.24) is 4.98 Å². The van der Waals surface area contributed by atoms with Gasteiger partial charge in [0.05, 0.1) is 5.69 Å². The summed E-state index contributed by atoms with van der Waals surface area (Å²) in [5.41, 5.74) is 13.2. The summed E-state index contributed by atoms with van der Waals surface area (Å²) in [6, 6.07) is 10.6. The van der Waals surface area contributed by atoms with Gasteiger partial charge in [0.1, 0.15) is 0 Å². The molecule has 0 spiro atoms. The topological polar surface area (TPSA) is 77.3 Å². The molecule has 0 saturated carbocycles. The van der Waals surface area contributed by atoms with E-state index in [9.17, 15) is 0 Å². The summed E-state index contributed by atoms with van der Waals surface area (Å²) >= 11 is 1.58. The number of aryl methyl sites for hydroxylation is 2. The number of thiazole rings is 1. The van der Waals surface area contributed by atoms with E-state index >= 15 is 0 Å². The molecule has 0 aliphatic heterocycles. The third-order valence-electron chi connectivity index (χ3n) is 3.52. The SMILES string of the molecule is Cc1nc(N=C(N)N)sc1CCC[C@H](C)c1ccccc1. The van der Waals surface area contributed by atoms with E-state index in [1.165, 1.54) is 16.9 Å². The summed E-state index contributed by atoms with van der Waals surface area (Å²) in [4.78, 5) is 9.66. The molecule has 21 heavy (non-hydrogen) atoms. The summed E-state index contributed by atoms with van der Waals surface area (Å²) in [6.07, 6.45) is 3.33. The average Bonchev–Trinajstić information content (AvgIpc) is 2.79. The minimum Gasteiger partial charge on any atom is -0.370 e. The van der Waals surface area contributed by atoms with Gasteiger partial charge >= 0.3 is 0 Å². The molecule has 0 aliphatic carbocycles.